The van der Waals surface area contributed by atoms with Gasteiger partial charge in [0, 0.05) is 18.9 Å². The molecule has 0 aliphatic carbocycles. The molecule has 2 N–H and O–H groups in total. The fraction of sp³-hybridized carbons (Fsp3) is 0.444. The number of carbonyl (C=O) groups is 1. The second kappa shape index (κ2) is 3.22. The van der Waals surface area contributed by atoms with E-state index >= 15 is 0 Å². The number of hydrogen-bond acceptors (Lipinski definition) is 3. The molecule has 4 heteroatoms. The predicted molar refractivity (Wildman–Crippen MR) is 49.0 cm³/mol. The Morgan fingerprint density at radius 3 is 2.69 bits per heavy atom. The third kappa shape index (κ3) is 1.58. The summed E-state index contributed by atoms with van der Waals surface area (Å²) in [4.78, 5) is 11.3. The third-order valence-corrected chi connectivity index (χ3v) is 2.09. The third-order valence-electron chi connectivity index (χ3n) is 2.09. The van der Waals surface area contributed by atoms with Crippen LogP contribution in [0.15, 0.2) is 18.3 Å². The Hall–Kier alpha value is -1.29. The van der Waals surface area contributed by atoms with Crippen LogP contribution in [0.25, 0.3) is 0 Å². The van der Waals surface area contributed by atoms with Crippen LogP contribution >= 0.6 is 0 Å². The summed E-state index contributed by atoms with van der Waals surface area (Å²) >= 11 is 0. The fourth-order valence-electron chi connectivity index (χ4n) is 1.32. The number of rotatable bonds is 2. The van der Waals surface area contributed by atoms with Crippen molar-refractivity contribution in [2.45, 2.75) is 12.5 Å². The molecule has 1 aromatic heterocycles. The average molecular weight is 182 g/mol. The van der Waals surface area contributed by atoms with E-state index in [-0.39, 0.29) is 0 Å². The van der Waals surface area contributed by atoms with E-state index in [0.29, 0.717) is 0 Å². The second-order valence-electron chi connectivity index (χ2n) is 3.20. The van der Waals surface area contributed by atoms with E-state index in [2.05, 4.69) is 4.74 Å². The number of aromatic nitrogens is 1. The highest BCUT2D eigenvalue weighted by Crippen LogP contribution is 2.18. The van der Waals surface area contributed by atoms with Crippen LogP contribution in [-0.2, 0) is 22.1 Å². The molecule has 0 radical (unpaired) electrons. The minimum absolute atomic E-state index is 0.436. The number of methoxy groups -OCH3 is 1. The van der Waals surface area contributed by atoms with E-state index in [9.17, 15) is 4.79 Å². The number of carbonyl (C=O) groups excluding carboxylic acids is 1. The highest BCUT2D eigenvalue weighted by atomic mass is 16.5. The Morgan fingerprint density at radius 1 is 1.69 bits per heavy atom. The van der Waals surface area contributed by atoms with Crippen molar-refractivity contribution < 1.29 is 9.53 Å². The van der Waals surface area contributed by atoms with E-state index in [4.69, 9.17) is 5.73 Å². The Morgan fingerprint density at radius 2 is 2.31 bits per heavy atom. The number of nitrogens with two attached hydrogens (primary N) is 1. The quantitative estimate of drug-likeness (QED) is 0.672. The van der Waals surface area contributed by atoms with Crippen LogP contribution in [0.2, 0.25) is 0 Å². The lowest BCUT2D eigenvalue weighted by Gasteiger charge is -2.22. The molecular weight excluding hydrogens is 168 g/mol. The van der Waals surface area contributed by atoms with Crippen molar-refractivity contribution in [3.05, 3.63) is 24.0 Å². The zero-order valence-corrected chi connectivity index (χ0v) is 8.07. The van der Waals surface area contributed by atoms with Gasteiger partial charge in [0.1, 0.15) is 0 Å². The number of hydrogen-bond donors (Lipinski definition) is 1. The molecule has 0 fully saturated rings. The molecule has 0 saturated heterocycles. The summed E-state index contributed by atoms with van der Waals surface area (Å²) in [6.07, 6.45) is 1.84. The summed E-state index contributed by atoms with van der Waals surface area (Å²) in [5, 5.41) is 0. The minimum Gasteiger partial charge on any atom is -0.467 e. The molecule has 0 aromatic carbocycles. The zero-order valence-electron chi connectivity index (χ0n) is 8.07. The first kappa shape index (κ1) is 9.80. The van der Waals surface area contributed by atoms with Crippen LogP contribution < -0.4 is 5.73 Å². The molecular formula is C9H14N2O2. The van der Waals surface area contributed by atoms with Crippen molar-refractivity contribution in [1.82, 2.24) is 4.57 Å². The van der Waals surface area contributed by atoms with Gasteiger partial charge in [0.05, 0.1) is 7.11 Å². The molecule has 0 bridgehead atoms. The minimum atomic E-state index is -1.08. The predicted octanol–water partition coefficient (Wildman–Crippen LogP) is 0.372. The van der Waals surface area contributed by atoms with Gasteiger partial charge < -0.3 is 15.0 Å². The molecule has 13 heavy (non-hydrogen) atoms. The SMILES string of the molecule is COC(=O)[C@](C)(N)c1cccn1C. The first-order valence-electron chi connectivity index (χ1n) is 3.99. The smallest absolute Gasteiger partial charge is 0.331 e. The summed E-state index contributed by atoms with van der Waals surface area (Å²) in [6.45, 7) is 1.63. The number of ether oxygens (including phenoxy) is 1. The molecule has 1 atom stereocenters. The molecule has 72 valence electrons. The van der Waals surface area contributed by atoms with Gasteiger partial charge in [0.2, 0.25) is 0 Å². The lowest BCUT2D eigenvalue weighted by molar-refractivity contribution is -0.147. The van der Waals surface area contributed by atoms with Gasteiger partial charge in [-0.05, 0) is 19.1 Å². The molecule has 0 amide bonds. The van der Waals surface area contributed by atoms with Crippen LogP contribution in [0.1, 0.15) is 12.6 Å². The largest absolute Gasteiger partial charge is 0.467 e. The summed E-state index contributed by atoms with van der Waals surface area (Å²) in [7, 11) is 3.17. The number of esters is 1. The van der Waals surface area contributed by atoms with E-state index in [1.165, 1.54) is 7.11 Å². The monoisotopic (exact) mass is 182 g/mol. The molecule has 0 saturated carbocycles. The van der Waals surface area contributed by atoms with Gasteiger partial charge in [0.25, 0.3) is 0 Å². The van der Waals surface area contributed by atoms with Crippen LogP contribution in [-0.4, -0.2) is 17.6 Å². The molecule has 0 aliphatic rings. The standard InChI is InChI=1S/C9H14N2O2/c1-9(10,8(12)13-3)7-5-4-6-11(7)2/h4-6H,10H2,1-3H3/t9-/m1/s1. The van der Waals surface area contributed by atoms with E-state index in [1.54, 1.807) is 17.6 Å². The van der Waals surface area contributed by atoms with Crippen LogP contribution in [0, 0.1) is 0 Å². The maximum atomic E-state index is 11.3. The van der Waals surface area contributed by atoms with Crippen LogP contribution in [0.4, 0.5) is 0 Å². The van der Waals surface area contributed by atoms with Crippen molar-refractivity contribution >= 4 is 5.97 Å². The molecule has 0 spiro atoms. The van der Waals surface area contributed by atoms with Crippen LogP contribution in [0.3, 0.4) is 0 Å². The summed E-state index contributed by atoms with van der Waals surface area (Å²) in [5.41, 5.74) is 5.50. The normalized spacial score (nSPS) is 15.1. The van der Waals surface area contributed by atoms with Crippen molar-refractivity contribution in [2.75, 3.05) is 7.11 Å². The Balaban J connectivity index is 3.07. The number of aryl methyl sites for hydroxylation is 1. The number of nitrogens with zero attached hydrogens (tertiary/aromatic N) is 1. The van der Waals surface area contributed by atoms with Gasteiger partial charge >= 0.3 is 5.97 Å². The molecule has 4 nitrogen and oxygen atoms in total. The summed E-state index contributed by atoms with van der Waals surface area (Å²) < 4.78 is 6.42. The van der Waals surface area contributed by atoms with Gasteiger partial charge in [-0.2, -0.15) is 0 Å². The Labute approximate surface area is 77.3 Å². The van der Waals surface area contributed by atoms with Crippen molar-refractivity contribution in [1.29, 1.82) is 0 Å². The van der Waals surface area contributed by atoms with Gasteiger partial charge in [-0.15, -0.1) is 0 Å². The van der Waals surface area contributed by atoms with E-state index in [1.807, 2.05) is 19.3 Å². The van der Waals surface area contributed by atoms with Crippen molar-refractivity contribution in [3.8, 4) is 0 Å². The Bertz CT molecular complexity index is 315. The molecule has 0 unspecified atom stereocenters. The van der Waals surface area contributed by atoms with Gasteiger partial charge in [-0.1, -0.05) is 0 Å². The van der Waals surface area contributed by atoms with Gasteiger partial charge in [0.15, 0.2) is 5.54 Å². The first-order chi connectivity index (χ1) is 6.00. The lowest BCUT2D eigenvalue weighted by Crippen LogP contribution is -2.44. The first-order valence-corrected chi connectivity index (χ1v) is 3.99. The topological polar surface area (TPSA) is 57.2 Å². The average Bonchev–Trinajstić information content (AvgIpc) is 2.50. The highest BCUT2D eigenvalue weighted by molar-refractivity contribution is 5.81. The maximum Gasteiger partial charge on any atom is 0.331 e. The van der Waals surface area contributed by atoms with Crippen LogP contribution in [0.5, 0.6) is 0 Å². The second-order valence-corrected chi connectivity index (χ2v) is 3.20. The van der Waals surface area contributed by atoms with E-state index < -0.39 is 11.5 Å². The molecule has 1 aromatic rings. The Kier molecular flexibility index (Phi) is 2.43. The summed E-state index contributed by atoms with van der Waals surface area (Å²) in [5.74, 6) is -0.436. The zero-order chi connectivity index (χ0) is 10.1. The van der Waals surface area contributed by atoms with Gasteiger partial charge in [-0.3, -0.25) is 0 Å². The van der Waals surface area contributed by atoms with E-state index in [0.717, 1.165) is 5.69 Å². The molecule has 1 rings (SSSR count). The molecule has 0 aliphatic heterocycles. The molecule has 1 heterocycles. The fourth-order valence-corrected chi connectivity index (χ4v) is 1.32. The highest BCUT2D eigenvalue weighted by Gasteiger charge is 2.33. The lowest BCUT2D eigenvalue weighted by atomic mass is 10.00. The van der Waals surface area contributed by atoms with Crippen molar-refractivity contribution in [3.63, 3.8) is 0 Å². The van der Waals surface area contributed by atoms with Gasteiger partial charge in [-0.25, -0.2) is 4.79 Å². The summed E-state index contributed by atoms with van der Waals surface area (Å²) in [6, 6.07) is 3.64. The maximum absolute atomic E-state index is 11.3. The van der Waals surface area contributed by atoms with Crippen molar-refractivity contribution in [2.24, 2.45) is 12.8 Å².